The number of halogens is 2. The van der Waals surface area contributed by atoms with Gasteiger partial charge in [0.1, 0.15) is 29.0 Å². The van der Waals surface area contributed by atoms with Crippen LogP contribution >= 0.6 is 34.5 Å². The van der Waals surface area contributed by atoms with E-state index in [4.69, 9.17) is 41.6 Å². The van der Waals surface area contributed by atoms with Gasteiger partial charge in [0.05, 0.1) is 22.2 Å². The molecule has 2 saturated heterocycles. The molecule has 0 bridgehead atoms. The molecule has 10 heterocycles. The molecule has 12 rings (SSSR count). The van der Waals surface area contributed by atoms with Crippen molar-refractivity contribution in [2.75, 3.05) is 39.3 Å². The van der Waals surface area contributed by atoms with Crippen molar-refractivity contribution in [1.29, 1.82) is 0 Å². The summed E-state index contributed by atoms with van der Waals surface area (Å²) < 4.78 is 25.3. The van der Waals surface area contributed by atoms with E-state index in [1.54, 1.807) is 17.6 Å². The third-order valence-corrected chi connectivity index (χ3v) is 14.7. The molecule has 0 N–H and O–H groups in total. The molecule has 2 unspecified atom stereocenters. The smallest absolute Gasteiger partial charge is 0.263 e. The van der Waals surface area contributed by atoms with Crippen molar-refractivity contribution in [3.8, 4) is 33.9 Å². The van der Waals surface area contributed by atoms with Crippen molar-refractivity contribution in [3.05, 3.63) is 105 Å². The molecule has 5 aliphatic rings. The number of likely N-dealkylation sites (tertiary alicyclic amines) is 2. The number of benzene rings is 2. The number of amides is 1. The van der Waals surface area contributed by atoms with Gasteiger partial charge >= 0.3 is 0 Å². The first-order valence-corrected chi connectivity index (χ1v) is 23.7. The first-order chi connectivity index (χ1) is 30.9. The molecular formula is C48H47Cl2N7O5S. The Balaban J connectivity index is 0.000000142. The molecule has 2 atom stereocenters. The molecule has 324 valence electrons. The lowest BCUT2D eigenvalue weighted by molar-refractivity contribution is -0.139. The molecule has 0 saturated carbocycles. The highest BCUT2D eigenvalue weighted by Crippen LogP contribution is 2.48. The minimum atomic E-state index is -0.468. The van der Waals surface area contributed by atoms with Crippen molar-refractivity contribution >= 4 is 61.8 Å². The number of pyridine rings is 1. The summed E-state index contributed by atoms with van der Waals surface area (Å²) >= 11 is 14.6. The number of rotatable bonds is 6. The van der Waals surface area contributed by atoms with Crippen molar-refractivity contribution in [1.82, 2.24) is 34.8 Å². The van der Waals surface area contributed by atoms with Crippen LogP contribution in [0.25, 0.3) is 43.7 Å². The predicted octanol–water partition coefficient (Wildman–Crippen LogP) is 9.98. The summed E-state index contributed by atoms with van der Waals surface area (Å²) in [5.41, 5.74) is 10.0. The quantitative estimate of drug-likeness (QED) is 0.159. The molecule has 2 aromatic carbocycles. The largest absolute Gasteiger partial charge is 0.481 e. The molecular weight excluding hydrogens is 858 g/mol. The van der Waals surface area contributed by atoms with Crippen LogP contribution in [0, 0.1) is 0 Å². The van der Waals surface area contributed by atoms with Crippen LogP contribution in [0.4, 0.5) is 0 Å². The zero-order valence-corrected chi connectivity index (χ0v) is 37.4. The van der Waals surface area contributed by atoms with Crippen molar-refractivity contribution in [2.45, 2.75) is 83.1 Å². The Bertz CT molecular complexity index is 2830. The Morgan fingerprint density at radius 2 is 1.63 bits per heavy atom. The highest BCUT2D eigenvalue weighted by atomic mass is 35.5. The van der Waals surface area contributed by atoms with Gasteiger partial charge in [0.2, 0.25) is 0 Å². The van der Waals surface area contributed by atoms with E-state index >= 15 is 0 Å². The summed E-state index contributed by atoms with van der Waals surface area (Å²) in [6, 6.07) is 14.2. The second kappa shape index (κ2) is 17.2. The second-order valence-electron chi connectivity index (χ2n) is 17.1. The number of likely N-dealkylation sites (N-methyl/N-ethyl adjacent to an activating group) is 1. The lowest BCUT2D eigenvalue weighted by Crippen LogP contribution is -2.50. The van der Waals surface area contributed by atoms with Crippen LogP contribution in [0.5, 0.6) is 11.5 Å². The standard InChI is InChI=1S/C26H28ClN3O2S.C22H19ClN4O3/c27-18-14-17-15-23(26(31)30-11-5-19(6-12-30)29-9-2-1-3-10-29)32-24(17)21(16-18)20-4-8-28-22-7-13-33-25(20)22;1-2-27-5-3-16-15(10-27)21(30-26-16)18-8-12-7-13(23)9-14(20(12)29-18)19-22-17(4-6-28-22)24-11-25-19/h4,7-8,13-14,16,19,23H,1-3,5-6,9-12,15H2;4,6-7,9,11,18H,2-3,5,8,10H2,1H3. The van der Waals surface area contributed by atoms with E-state index in [1.165, 1.54) is 38.7 Å². The third kappa shape index (κ3) is 7.75. The highest BCUT2D eigenvalue weighted by Gasteiger charge is 2.38. The number of hydrogen-bond donors (Lipinski definition) is 0. The van der Waals surface area contributed by atoms with Gasteiger partial charge in [-0.15, -0.1) is 11.3 Å². The lowest BCUT2D eigenvalue weighted by atomic mass is 9.98. The number of thiophene rings is 1. The van der Waals surface area contributed by atoms with Crippen LogP contribution in [-0.4, -0.2) is 92.1 Å². The van der Waals surface area contributed by atoms with Crippen LogP contribution in [-0.2, 0) is 30.6 Å². The molecule has 0 aliphatic carbocycles. The second-order valence-corrected chi connectivity index (χ2v) is 18.9. The Kier molecular flexibility index (Phi) is 11.1. The average Bonchev–Trinajstić information content (AvgIpc) is 4.18. The minimum absolute atomic E-state index is 0.112. The molecule has 5 aliphatic heterocycles. The van der Waals surface area contributed by atoms with Gasteiger partial charge in [0.25, 0.3) is 5.91 Å². The molecule has 63 heavy (non-hydrogen) atoms. The van der Waals surface area contributed by atoms with E-state index in [-0.39, 0.29) is 12.0 Å². The van der Waals surface area contributed by atoms with Gasteiger partial charge < -0.3 is 28.2 Å². The van der Waals surface area contributed by atoms with E-state index < -0.39 is 6.10 Å². The molecule has 1 amide bonds. The van der Waals surface area contributed by atoms with Crippen molar-refractivity contribution in [2.24, 2.45) is 0 Å². The van der Waals surface area contributed by atoms with E-state index in [0.29, 0.717) is 40.2 Å². The maximum atomic E-state index is 13.4. The molecule has 15 heteroatoms. The van der Waals surface area contributed by atoms with Gasteiger partial charge in [-0.2, -0.15) is 0 Å². The number of carbonyl (C=O) groups is 1. The number of hydrogen-bond acceptors (Lipinski definition) is 12. The number of aromatic nitrogens is 4. The van der Waals surface area contributed by atoms with Gasteiger partial charge in [0.15, 0.2) is 23.6 Å². The van der Waals surface area contributed by atoms with Crippen LogP contribution in [0.2, 0.25) is 10.0 Å². The Hall–Kier alpha value is -5.05. The van der Waals surface area contributed by atoms with Crippen LogP contribution in [0.1, 0.15) is 73.3 Å². The molecule has 7 aromatic rings. The van der Waals surface area contributed by atoms with Crippen LogP contribution in [0.15, 0.2) is 75.6 Å². The summed E-state index contributed by atoms with van der Waals surface area (Å²) in [4.78, 5) is 33.6. The van der Waals surface area contributed by atoms with E-state index in [1.807, 2.05) is 58.9 Å². The van der Waals surface area contributed by atoms with Crippen LogP contribution in [0.3, 0.4) is 0 Å². The fourth-order valence-corrected chi connectivity index (χ4v) is 11.5. The molecule has 5 aromatic heterocycles. The summed E-state index contributed by atoms with van der Waals surface area (Å²) in [5, 5.41) is 7.67. The van der Waals surface area contributed by atoms with E-state index in [0.717, 1.165) is 124 Å². The monoisotopic (exact) mass is 903 g/mol. The Morgan fingerprint density at radius 1 is 0.841 bits per heavy atom. The Labute approximate surface area is 379 Å². The minimum Gasteiger partial charge on any atom is -0.481 e. The summed E-state index contributed by atoms with van der Waals surface area (Å²) in [6.45, 7) is 9.11. The molecule has 12 nitrogen and oxygen atoms in total. The maximum Gasteiger partial charge on any atom is 0.263 e. The van der Waals surface area contributed by atoms with Crippen molar-refractivity contribution in [3.63, 3.8) is 0 Å². The number of fused-ring (bicyclic) bond motifs is 5. The molecule has 0 spiro atoms. The number of carbonyl (C=O) groups excluding carboxylic acids is 1. The number of nitrogens with zero attached hydrogens (tertiary/aromatic N) is 7. The lowest BCUT2D eigenvalue weighted by Gasteiger charge is -2.40. The Morgan fingerprint density at radius 3 is 2.46 bits per heavy atom. The van der Waals surface area contributed by atoms with Gasteiger partial charge in [-0.25, -0.2) is 9.97 Å². The van der Waals surface area contributed by atoms with E-state index in [2.05, 4.69) is 36.8 Å². The van der Waals surface area contributed by atoms with Gasteiger partial charge in [-0.3, -0.25) is 14.7 Å². The third-order valence-electron chi connectivity index (χ3n) is 13.4. The van der Waals surface area contributed by atoms with Gasteiger partial charge in [0, 0.05) is 107 Å². The SMILES string of the molecule is CCN1CCc2noc(C3Cc4cc(Cl)cc(-c5ncnc6ccoc56)c4O3)c2C1.O=C(C1Cc2cc(Cl)cc(-c3ccnc4ccsc34)c2O1)N1CCC(N2CCCCC2)CC1. The zero-order chi connectivity index (χ0) is 42.6. The summed E-state index contributed by atoms with van der Waals surface area (Å²) in [5.74, 6) is 2.48. The molecule has 2 fully saturated rings. The normalized spacial score (nSPS) is 20.2. The fourth-order valence-electron chi connectivity index (χ4n) is 10.1. The summed E-state index contributed by atoms with van der Waals surface area (Å²) in [7, 11) is 0. The first kappa shape index (κ1) is 40.7. The highest BCUT2D eigenvalue weighted by molar-refractivity contribution is 7.17. The maximum absolute atomic E-state index is 13.4. The predicted molar refractivity (Wildman–Crippen MR) is 244 cm³/mol. The topological polar surface area (TPSA) is 123 Å². The zero-order valence-electron chi connectivity index (χ0n) is 35.0. The number of ether oxygens (including phenoxy) is 2. The number of piperidine rings is 2. The molecule has 0 radical (unpaired) electrons. The average molecular weight is 905 g/mol. The summed E-state index contributed by atoms with van der Waals surface area (Å²) in [6.07, 6.45) is 12.5. The van der Waals surface area contributed by atoms with Crippen molar-refractivity contribution < 1.29 is 23.2 Å². The fraction of sp³-hybridized carbons (Fsp3) is 0.396. The van der Waals surface area contributed by atoms with Gasteiger partial charge in [-0.05, 0) is 87.1 Å². The first-order valence-electron chi connectivity index (χ1n) is 22.1. The van der Waals surface area contributed by atoms with Gasteiger partial charge in [-0.1, -0.05) is 41.7 Å². The van der Waals surface area contributed by atoms with Crippen LogP contribution < -0.4 is 9.47 Å². The van der Waals surface area contributed by atoms with E-state index in [9.17, 15) is 4.79 Å². The number of furan rings is 1.